The van der Waals surface area contributed by atoms with Crippen LogP contribution in [0.4, 0.5) is 0 Å². The summed E-state index contributed by atoms with van der Waals surface area (Å²) in [4.78, 5) is 30.6. The summed E-state index contributed by atoms with van der Waals surface area (Å²) in [6.07, 6.45) is 7.56. The number of rotatable bonds is 6. The van der Waals surface area contributed by atoms with Crippen LogP contribution in [-0.4, -0.2) is 54.7 Å². The van der Waals surface area contributed by atoms with Crippen LogP contribution in [0, 0.1) is 0 Å². The number of aromatic amines is 1. The lowest BCUT2D eigenvalue weighted by molar-refractivity contribution is -0.130. The largest absolute Gasteiger partial charge is 0.354 e. The first kappa shape index (κ1) is 25.7. The van der Waals surface area contributed by atoms with Gasteiger partial charge in [0.25, 0.3) is 5.56 Å². The van der Waals surface area contributed by atoms with Crippen LogP contribution < -0.4 is 10.3 Å². The molecule has 1 saturated heterocycles. The molecule has 198 valence electrons. The Kier molecular flexibility index (Phi) is 6.79. The average Bonchev–Trinajstić information content (AvgIpc) is 3.49. The maximum Gasteiger partial charge on any atom is 0.253 e. The normalized spacial score (nSPS) is 16.6. The molecule has 1 fully saturated rings. The second-order valence-electron chi connectivity index (χ2n) is 10.9. The van der Waals surface area contributed by atoms with E-state index in [0.717, 1.165) is 60.7 Å². The Morgan fingerprint density at radius 2 is 1.86 bits per heavy atom. The highest BCUT2D eigenvalue weighted by molar-refractivity contribution is 7.88. The number of likely N-dealkylation sites (tertiary alicyclic amines) is 1. The molecule has 9 heteroatoms. The fourth-order valence-electron chi connectivity index (χ4n) is 6.10. The van der Waals surface area contributed by atoms with Gasteiger partial charge in [0.15, 0.2) is 0 Å². The Morgan fingerprint density at radius 3 is 2.54 bits per heavy atom. The molecule has 1 aromatic carbocycles. The highest BCUT2D eigenvalue weighted by Crippen LogP contribution is 2.40. The van der Waals surface area contributed by atoms with Crippen LogP contribution in [0.1, 0.15) is 67.2 Å². The van der Waals surface area contributed by atoms with Gasteiger partial charge in [0, 0.05) is 48.4 Å². The van der Waals surface area contributed by atoms with Crippen molar-refractivity contribution in [2.24, 2.45) is 7.05 Å². The molecule has 0 unspecified atom stereocenters. The van der Waals surface area contributed by atoms with E-state index >= 15 is 0 Å². The van der Waals surface area contributed by atoms with Gasteiger partial charge in [0.05, 0.1) is 18.5 Å². The minimum absolute atomic E-state index is 0.123. The molecule has 8 nitrogen and oxygen atoms in total. The van der Waals surface area contributed by atoms with Crippen LogP contribution in [0.2, 0.25) is 0 Å². The number of hydrogen-bond donors (Lipinski definition) is 2. The van der Waals surface area contributed by atoms with Gasteiger partial charge in [-0.25, -0.2) is 13.1 Å². The van der Waals surface area contributed by atoms with E-state index < -0.39 is 10.0 Å². The number of piperidine rings is 1. The van der Waals surface area contributed by atoms with E-state index in [2.05, 4.69) is 41.8 Å². The topological polar surface area (TPSA) is 104 Å². The van der Waals surface area contributed by atoms with Gasteiger partial charge in [-0.2, -0.15) is 0 Å². The lowest BCUT2D eigenvalue weighted by Gasteiger charge is -2.32. The van der Waals surface area contributed by atoms with Crippen LogP contribution in [-0.2, 0) is 34.7 Å². The van der Waals surface area contributed by atoms with Crippen molar-refractivity contribution < 1.29 is 13.2 Å². The molecule has 2 aliphatic rings. The van der Waals surface area contributed by atoms with Crippen LogP contribution >= 0.6 is 0 Å². The zero-order valence-electron chi connectivity index (χ0n) is 22.1. The van der Waals surface area contributed by atoms with E-state index in [1.165, 1.54) is 22.1 Å². The number of aryl methyl sites for hydroxylation is 1. The standard InChI is InChI=1S/C28H36N4O4S/c1-17(2)26-22-14-19(18-10-12-32(13-11-18)25(33)15-29-37(4,35)36)8-9-24(22)30-27(26)23-16-31(3)28(34)21-7-5-6-20(21)23/h8-9,14,16-18,29-30H,5-7,10-13,15H2,1-4H3. The predicted octanol–water partition coefficient (Wildman–Crippen LogP) is 3.40. The molecule has 2 N–H and O–H groups in total. The number of carbonyl (C=O) groups excluding carboxylic acids is 1. The number of nitrogens with zero attached hydrogens (tertiary/aromatic N) is 2. The minimum atomic E-state index is -3.39. The fourth-order valence-corrected chi connectivity index (χ4v) is 6.48. The van der Waals surface area contributed by atoms with E-state index in [-0.39, 0.29) is 18.0 Å². The van der Waals surface area contributed by atoms with Crippen molar-refractivity contribution in [2.75, 3.05) is 25.9 Å². The number of benzene rings is 1. The van der Waals surface area contributed by atoms with Crippen LogP contribution in [0.25, 0.3) is 22.2 Å². The van der Waals surface area contributed by atoms with E-state index in [1.807, 2.05) is 13.2 Å². The molecule has 5 rings (SSSR count). The van der Waals surface area contributed by atoms with E-state index in [0.29, 0.717) is 24.9 Å². The number of hydrogen-bond acceptors (Lipinski definition) is 4. The molecule has 0 spiro atoms. The van der Waals surface area contributed by atoms with Crippen molar-refractivity contribution in [1.82, 2.24) is 19.2 Å². The third-order valence-corrected chi connectivity index (χ3v) is 8.63. The molecule has 2 aromatic heterocycles. The molecular weight excluding hydrogens is 488 g/mol. The van der Waals surface area contributed by atoms with Gasteiger partial charge in [0.1, 0.15) is 0 Å². The van der Waals surface area contributed by atoms with E-state index in [4.69, 9.17) is 0 Å². The molecule has 37 heavy (non-hydrogen) atoms. The maximum atomic E-state index is 12.7. The molecule has 1 aliphatic carbocycles. The molecule has 3 heterocycles. The number of H-pyrrole nitrogens is 1. The first-order valence-electron chi connectivity index (χ1n) is 13.1. The van der Waals surface area contributed by atoms with Gasteiger partial charge in [-0.1, -0.05) is 19.9 Å². The number of sulfonamides is 1. The van der Waals surface area contributed by atoms with Gasteiger partial charge in [0.2, 0.25) is 15.9 Å². The zero-order valence-corrected chi connectivity index (χ0v) is 22.9. The summed E-state index contributed by atoms with van der Waals surface area (Å²) in [6, 6.07) is 6.65. The number of pyridine rings is 1. The SMILES string of the molecule is CC(C)c1c(-c2cn(C)c(=O)c3c2CCC3)[nH]c2ccc(C3CCN(C(=O)CNS(C)(=O)=O)CC3)cc12. The molecule has 0 radical (unpaired) electrons. The van der Waals surface area contributed by atoms with Crippen molar-refractivity contribution in [3.05, 3.63) is 57.0 Å². The Bertz CT molecular complexity index is 1530. The monoisotopic (exact) mass is 524 g/mol. The minimum Gasteiger partial charge on any atom is -0.354 e. The molecule has 1 amide bonds. The third kappa shape index (κ3) is 4.99. The third-order valence-electron chi connectivity index (χ3n) is 7.96. The van der Waals surface area contributed by atoms with E-state index in [1.54, 1.807) is 9.47 Å². The van der Waals surface area contributed by atoms with Crippen LogP contribution in [0.3, 0.4) is 0 Å². The summed E-state index contributed by atoms with van der Waals surface area (Å²) in [7, 11) is -1.55. The Hall–Kier alpha value is -2.91. The first-order valence-corrected chi connectivity index (χ1v) is 15.0. The molecule has 0 saturated carbocycles. The van der Waals surface area contributed by atoms with Crippen molar-refractivity contribution >= 4 is 26.8 Å². The van der Waals surface area contributed by atoms with Crippen molar-refractivity contribution in [2.45, 2.75) is 57.8 Å². The molecule has 0 atom stereocenters. The van der Waals surface area contributed by atoms with Gasteiger partial charge >= 0.3 is 0 Å². The summed E-state index contributed by atoms with van der Waals surface area (Å²) in [5.41, 5.74) is 8.19. The summed E-state index contributed by atoms with van der Waals surface area (Å²) in [5, 5.41) is 1.22. The maximum absolute atomic E-state index is 12.7. The van der Waals surface area contributed by atoms with Crippen molar-refractivity contribution in [3.63, 3.8) is 0 Å². The number of fused-ring (bicyclic) bond motifs is 2. The highest BCUT2D eigenvalue weighted by atomic mass is 32.2. The van der Waals surface area contributed by atoms with Gasteiger partial charge in [-0.15, -0.1) is 0 Å². The highest BCUT2D eigenvalue weighted by Gasteiger charge is 2.27. The average molecular weight is 525 g/mol. The first-order chi connectivity index (χ1) is 17.5. The molecule has 3 aromatic rings. The summed E-state index contributed by atoms with van der Waals surface area (Å²) < 4.78 is 26.7. The lowest BCUT2D eigenvalue weighted by atomic mass is 9.87. The Balaban J connectivity index is 1.44. The zero-order chi connectivity index (χ0) is 26.5. The van der Waals surface area contributed by atoms with Crippen LogP contribution in [0.15, 0.2) is 29.2 Å². The predicted molar refractivity (Wildman–Crippen MR) is 146 cm³/mol. The van der Waals surface area contributed by atoms with Gasteiger partial charge in [-0.3, -0.25) is 9.59 Å². The van der Waals surface area contributed by atoms with Gasteiger partial charge < -0.3 is 14.5 Å². The smallest absolute Gasteiger partial charge is 0.253 e. The summed E-state index contributed by atoms with van der Waals surface area (Å²) in [6.45, 7) is 5.48. The quantitative estimate of drug-likeness (QED) is 0.516. The number of aromatic nitrogens is 2. The molecule has 0 bridgehead atoms. The lowest BCUT2D eigenvalue weighted by Crippen LogP contribution is -2.43. The van der Waals surface area contributed by atoms with E-state index in [9.17, 15) is 18.0 Å². The van der Waals surface area contributed by atoms with Gasteiger partial charge in [-0.05, 0) is 72.8 Å². The summed E-state index contributed by atoms with van der Waals surface area (Å²) in [5.74, 6) is 0.466. The van der Waals surface area contributed by atoms with Crippen molar-refractivity contribution in [3.8, 4) is 11.3 Å². The molecule has 1 aliphatic heterocycles. The number of amides is 1. The number of carbonyl (C=O) groups is 1. The van der Waals surface area contributed by atoms with Crippen LogP contribution in [0.5, 0.6) is 0 Å². The second kappa shape index (κ2) is 9.76. The second-order valence-corrected chi connectivity index (χ2v) is 12.7. The Morgan fingerprint density at radius 1 is 1.16 bits per heavy atom. The van der Waals surface area contributed by atoms with Crippen molar-refractivity contribution in [1.29, 1.82) is 0 Å². The molecular formula is C28H36N4O4S. The Labute approximate surface area is 218 Å². The fraction of sp³-hybridized carbons (Fsp3) is 0.500. The number of nitrogens with one attached hydrogen (secondary N) is 2. The summed E-state index contributed by atoms with van der Waals surface area (Å²) >= 11 is 0.